The van der Waals surface area contributed by atoms with Gasteiger partial charge >= 0.3 is 5.97 Å². The number of ether oxygens (including phenoxy) is 1. The van der Waals surface area contributed by atoms with Gasteiger partial charge in [0.15, 0.2) is 0 Å². The lowest BCUT2D eigenvalue weighted by atomic mass is 10.0. The molecule has 2 aromatic rings. The molecule has 0 radical (unpaired) electrons. The Bertz CT molecular complexity index is 595. The van der Waals surface area contributed by atoms with Gasteiger partial charge in [0.1, 0.15) is 6.61 Å². The van der Waals surface area contributed by atoms with Crippen LogP contribution in [-0.2, 0) is 22.4 Å². The Hall–Kier alpha value is -2.29. The van der Waals surface area contributed by atoms with E-state index in [9.17, 15) is 4.79 Å². The molecule has 0 aliphatic carbocycles. The molecule has 0 heterocycles. The van der Waals surface area contributed by atoms with E-state index in [1.54, 1.807) is 0 Å². The van der Waals surface area contributed by atoms with Gasteiger partial charge in [-0.05, 0) is 36.1 Å². The fourth-order valence-electron chi connectivity index (χ4n) is 2.34. The minimum Gasteiger partial charge on any atom is -0.464 e. The standard InChI is InChI=1S/C19H23NO2/c1-16(21)22-14-13-20(2)19-10-6-9-18(15-19)12-11-17-7-4-3-5-8-17/h3-10,15H,11-14H2,1-2H3. The second-order valence-corrected chi connectivity index (χ2v) is 5.42. The summed E-state index contributed by atoms with van der Waals surface area (Å²) in [4.78, 5) is 12.9. The first-order chi connectivity index (χ1) is 10.6. The van der Waals surface area contributed by atoms with Gasteiger partial charge in [0.2, 0.25) is 0 Å². The Morgan fingerprint density at radius 2 is 1.68 bits per heavy atom. The highest BCUT2D eigenvalue weighted by Crippen LogP contribution is 2.16. The van der Waals surface area contributed by atoms with Gasteiger partial charge in [-0.25, -0.2) is 0 Å². The zero-order valence-corrected chi connectivity index (χ0v) is 13.3. The molecule has 0 bridgehead atoms. The van der Waals surface area contributed by atoms with Crippen molar-refractivity contribution in [1.29, 1.82) is 0 Å². The van der Waals surface area contributed by atoms with Gasteiger partial charge in [-0.15, -0.1) is 0 Å². The van der Waals surface area contributed by atoms with Crippen molar-refractivity contribution in [3.05, 3.63) is 65.7 Å². The highest BCUT2D eigenvalue weighted by atomic mass is 16.5. The summed E-state index contributed by atoms with van der Waals surface area (Å²) in [6, 6.07) is 19.1. The summed E-state index contributed by atoms with van der Waals surface area (Å²) in [5, 5.41) is 0. The molecule has 3 heteroatoms. The predicted molar refractivity (Wildman–Crippen MR) is 90.2 cm³/mol. The van der Waals surface area contributed by atoms with Crippen LogP contribution in [0.3, 0.4) is 0 Å². The van der Waals surface area contributed by atoms with Crippen LogP contribution in [0.5, 0.6) is 0 Å². The lowest BCUT2D eigenvalue weighted by molar-refractivity contribution is -0.140. The predicted octanol–water partition coefficient (Wildman–Crippen LogP) is 3.47. The van der Waals surface area contributed by atoms with Crippen molar-refractivity contribution in [1.82, 2.24) is 0 Å². The van der Waals surface area contributed by atoms with Crippen molar-refractivity contribution in [2.75, 3.05) is 25.1 Å². The number of esters is 1. The minimum atomic E-state index is -0.231. The van der Waals surface area contributed by atoms with Crippen LogP contribution in [0.25, 0.3) is 0 Å². The molecular weight excluding hydrogens is 274 g/mol. The van der Waals surface area contributed by atoms with Crippen molar-refractivity contribution in [3.8, 4) is 0 Å². The van der Waals surface area contributed by atoms with Crippen molar-refractivity contribution in [2.45, 2.75) is 19.8 Å². The van der Waals surface area contributed by atoms with Crippen LogP contribution in [0.2, 0.25) is 0 Å². The number of anilines is 1. The molecule has 0 atom stereocenters. The van der Waals surface area contributed by atoms with Gasteiger partial charge in [-0.3, -0.25) is 4.79 Å². The van der Waals surface area contributed by atoms with Gasteiger partial charge in [0.25, 0.3) is 0 Å². The average molecular weight is 297 g/mol. The number of carbonyl (C=O) groups is 1. The zero-order valence-electron chi connectivity index (χ0n) is 13.3. The molecule has 0 fully saturated rings. The fraction of sp³-hybridized carbons (Fsp3) is 0.316. The number of benzene rings is 2. The molecule has 2 aromatic carbocycles. The molecular formula is C19H23NO2. The molecule has 0 unspecified atom stereocenters. The molecule has 22 heavy (non-hydrogen) atoms. The van der Waals surface area contributed by atoms with E-state index in [1.807, 2.05) is 13.1 Å². The molecule has 0 saturated carbocycles. The molecule has 3 nitrogen and oxygen atoms in total. The first-order valence-corrected chi connectivity index (χ1v) is 7.62. The topological polar surface area (TPSA) is 29.5 Å². The quantitative estimate of drug-likeness (QED) is 0.733. The summed E-state index contributed by atoms with van der Waals surface area (Å²) in [6.45, 7) is 2.55. The maximum Gasteiger partial charge on any atom is 0.302 e. The molecule has 0 aromatic heterocycles. The van der Waals surface area contributed by atoms with Crippen LogP contribution in [0, 0.1) is 0 Å². The third kappa shape index (κ3) is 5.24. The van der Waals surface area contributed by atoms with E-state index in [0.29, 0.717) is 13.2 Å². The minimum absolute atomic E-state index is 0.231. The van der Waals surface area contributed by atoms with Gasteiger partial charge < -0.3 is 9.64 Å². The Balaban J connectivity index is 1.90. The number of carbonyl (C=O) groups excluding carboxylic acids is 1. The molecule has 0 spiro atoms. The molecule has 0 N–H and O–H groups in total. The van der Waals surface area contributed by atoms with E-state index in [2.05, 4.69) is 53.4 Å². The van der Waals surface area contributed by atoms with Gasteiger partial charge in [0.05, 0.1) is 6.54 Å². The van der Waals surface area contributed by atoms with Crippen LogP contribution in [0.1, 0.15) is 18.1 Å². The second-order valence-electron chi connectivity index (χ2n) is 5.42. The third-order valence-electron chi connectivity index (χ3n) is 3.63. The molecule has 116 valence electrons. The van der Waals surface area contributed by atoms with E-state index >= 15 is 0 Å². The second kappa shape index (κ2) is 8.23. The van der Waals surface area contributed by atoms with Crippen molar-refractivity contribution in [2.24, 2.45) is 0 Å². The summed E-state index contributed by atoms with van der Waals surface area (Å²) < 4.78 is 4.99. The zero-order chi connectivity index (χ0) is 15.8. The number of rotatable bonds is 7. The number of aryl methyl sites for hydroxylation is 2. The van der Waals surface area contributed by atoms with Crippen molar-refractivity contribution < 1.29 is 9.53 Å². The summed E-state index contributed by atoms with van der Waals surface area (Å²) in [6.07, 6.45) is 2.07. The first-order valence-electron chi connectivity index (χ1n) is 7.62. The van der Waals surface area contributed by atoms with Crippen LogP contribution in [-0.4, -0.2) is 26.2 Å². The Morgan fingerprint density at radius 1 is 1.00 bits per heavy atom. The number of hydrogen-bond acceptors (Lipinski definition) is 3. The SMILES string of the molecule is CC(=O)OCCN(C)c1cccc(CCc2ccccc2)c1. The van der Waals surface area contributed by atoms with Gasteiger partial charge in [-0.2, -0.15) is 0 Å². The third-order valence-corrected chi connectivity index (χ3v) is 3.63. The van der Waals surface area contributed by atoms with Crippen molar-refractivity contribution in [3.63, 3.8) is 0 Å². The lowest BCUT2D eigenvalue weighted by Gasteiger charge is -2.19. The van der Waals surface area contributed by atoms with E-state index < -0.39 is 0 Å². The molecule has 0 saturated heterocycles. The Morgan fingerprint density at radius 3 is 2.41 bits per heavy atom. The largest absolute Gasteiger partial charge is 0.464 e. The highest BCUT2D eigenvalue weighted by Gasteiger charge is 2.03. The molecule has 0 aliphatic heterocycles. The maximum atomic E-state index is 10.8. The van der Waals surface area contributed by atoms with Crippen LogP contribution in [0.15, 0.2) is 54.6 Å². The summed E-state index contributed by atoms with van der Waals surface area (Å²) in [5.74, 6) is -0.231. The molecule has 0 aliphatic rings. The monoisotopic (exact) mass is 297 g/mol. The number of nitrogens with zero attached hydrogens (tertiary/aromatic N) is 1. The van der Waals surface area contributed by atoms with Gasteiger partial charge in [-0.1, -0.05) is 42.5 Å². The highest BCUT2D eigenvalue weighted by molar-refractivity contribution is 5.65. The average Bonchev–Trinajstić information content (AvgIpc) is 2.54. The van der Waals surface area contributed by atoms with Crippen LogP contribution >= 0.6 is 0 Å². The Labute approximate surface area is 132 Å². The summed E-state index contributed by atoms with van der Waals surface area (Å²) in [7, 11) is 2.01. The van der Waals surface area contributed by atoms with Crippen LogP contribution in [0.4, 0.5) is 5.69 Å². The lowest BCUT2D eigenvalue weighted by Crippen LogP contribution is -2.23. The normalized spacial score (nSPS) is 10.3. The maximum absolute atomic E-state index is 10.8. The van der Waals surface area contributed by atoms with E-state index in [-0.39, 0.29) is 5.97 Å². The van der Waals surface area contributed by atoms with E-state index in [1.165, 1.54) is 18.1 Å². The first kappa shape index (κ1) is 16.1. The van der Waals surface area contributed by atoms with E-state index in [0.717, 1.165) is 18.5 Å². The summed E-state index contributed by atoms with van der Waals surface area (Å²) in [5.41, 5.74) is 3.83. The number of likely N-dealkylation sites (N-methyl/N-ethyl adjacent to an activating group) is 1. The van der Waals surface area contributed by atoms with Crippen LogP contribution < -0.4 is 4.90 Å². The summed E-state index contributed by atoms with van der Waals surface area (Å²) >= 11 is 0. The van der Waals surface area contributed by atoms with Crippen molar-refractivity contribution >= 4 is 11.7 Å². The van der Waals surface area contributed by atoms with Gasteiger partial charge in [0, 0.05) is 19.7 Å². The smallest absolute Gasteiger partial charge is 0.302 e. The number of hydrogen-bond donors (Lipinski definition) is 0. The fourth-order valence-corrected chi connectivity index (χ4v) is 2.34. The van der Waals surface area contributed by atoms with E-state index in [4.69, 9.17) is 4.74 Å². The molecule has 0 amide bonds. The molecule has 2 rings (SSSR count). The Kier molecular flexibility index (Phi) is 6.01.